The van der Waals surface area contributed by atoms with E-state index in [1.165, 1.54) is 11.3 Å². The number of ether oxygens (including phenoxy) is 1. The lowest BCUT2D eigenvalue weighted by Gasteiger charge is -2.14. The summed E-state index contributed by atoms with van der Waals surface area (Å²) >= 11 is 8.25. The van der Waals surface area contributed by atoms with E-state index in [1.807, 2.05) is 0 Å². The van der Waals surface area contributed by atoms with E-state index in [2.05, 4.69) is 10.3 Å². The number of pyridine rings is 1. The van der Waals surface area contributed by atoms with Crippen LogP contribution in [0.1, 0.15) is 53.1 Å². The maximum Gasteiger partial charge on any atom is 0.417 e. The molecule has 1 atom stereocenters. The van der Waals surface area contributed by atoms with Gasteiger partial charge in [0.25, 0.3) is 0 Å². The van der Waals surface area contributed by atoms with Crippen molar-refractivity contribution in [1.82, 2.24) is 4.98 Å². The fraction of sp³-hybridized carbons (Fsp3) is 0.450. The van der Waals surface area contributed by atoms with E-state index >= 15 is 0 Å². The standard InChI is InChI=1S/C20H20ClF3N2O3S2/c1-3-29-19(28)15-12-6-4-5-7-14(12)31-18(15)26-16(27)10(2)30-17-13(21)8-11(9-25-17)20(22,23)24/h8-10H,3-7H2,1-2H3,(H,26,27)/t10-/m1/s1. The molecule has 0 fully saturated rings. The zero-order valence-electron chi connectivity index (χ0n) is 16.8. The van der Waals surface area contributed by atoms with E-state index in [1.54, 1.807) is 13.8 Å². The van der Waals surface area contributed by atoms with Gasteiger partial charge in [0.05, 0.1) is 28.0 Å². The van der Waals surface area contributed by atoms with Gasteiger partial charge in [-0.25, -0.2) is 9.78 Å². The number of halogens is 4. The molecule has 1 amide bonds. The highest BCUT2D eigenvalue weighted by Gasteiger charge is 2.32. The zero-order chi connectivity index (χ0) is 22.8. The molecule has 0 spiro atoms. The van der Waals surface area contributed by atoms with E-state index in [-0.39, 0.29) is 16.7 Å². The second kappa shape index (κ2) is 9.79. The number of nitrogens with zero attached hydrogens (tertiary/aromatic N) is 1. The van der Waals surface area contributed by atoms with Crippen LogP contribution >= 0.6 is 34.7 Å². The second-order valence-corrected chi connectivity index (χ2v) is 9.74. The highest BCUT2D eigenvalue weighted by molar-refractivity contribution is 8.00. The monoisotopic (exact) mass is 492 g/mol. The summed E-state index contributed by atoms with van der Waals surface area (Å²) in [5, 5.41) is 2.45. The molecule has 0 bridgehead atoms. The van der Waals surface area contributed by atoms with Gasteiger partial charge in [-0.1, -0.05) is 23.4 Å². The van der Waals surface area contributed by atoms with E-state index in [0.717, 1.165) is 54.0 Å². The fourth-order valence-corrected chi connectivity index (χ4v) is 5.54. The van der Waals surface area contributed by atoms with Crippen LogP contribution in [0.5, 0.6) is 0 Å². The Balaban J connectivity index is 1.77. The van der Waals surface area contributed by atoms with Crippen molar-refractivity contribution in [3.8, 4) is 0 Å². The highest BCUT2D eigenvalue weighted by Crippen LogP contribution is 2.39. The summed E-state index contributed by atoms with van der Waals surface area (Å²) in [5.41, 5.74) is 0.373. The van der Waals surface area contributed by atoms with Crippen LogP contribution in [-0.2, 0) is 28.5 Å². The van der Waals surface area contributed by atoms with Crippen molar-refractivity contribution in [3.63, 3.8) is 0 Å². The summed E-state index contributed by atoms with van der Waals surface area (Å²) in [4.78, 5) is 30.1. The second-order valence-electron chi connectivity index (χ2n) is 6.89. The van der Waals surface area contributed by atoms with Gasteiger partial charge in [-0.2, -0.15) is 13.2 Å². The van der Waals surface area contributed by atoms with Crippen LogP contribution in [0.25, 0.3) is 0 Å². The molecule has 0 unspecified atom stereocenters. The minimum absolute atomic E-state index is 0.119. The number of alkyl halides is 3. The summed E-state index contributed by atoms with van der Waals surface area (Å²) in [6, 6.07) is 0.785. The van der Waals surface area contributed by atoms with Gasteiger partial charge in [0.1, 0.15) is 10.0 Å². The lowest BCUT2D eigenvalue weighted by Crippen LogP contribution is -2.23. The summed E-state index contributed by atoms with van der Waals surface area (Å²) in [5.74, 6) is -0.878. The van der Waals surface area contributed by atoms with Crippen molar-refractivity contribution in [2.75, 3.05) is 11.9 Å². The number of amides is 1. The molecule has 5 nitrogen and oxygen atoms in total. The topological polar surface area (TPSA) is 68.3 Å². The number of carbonyl (C=O) groups excluding carboxylic acids is 2. The Morgan fingerprint density at radius 2 is 2.06 bits per heavy atom. The number of rotatable bonds is 6. The first kappa shape index (κ1) is 23.9. The van der Waals surface area contributed by atoms with E-state index in [9.17, 15) is 22.8 Å². The van der Waals surface area contributed by atoms with Gasteiger partial charge in [0, 0.05) is 11.1 Å². The molecule has 2 aromatic rings. The predicted molar refractivity (Wildman–Crippen MR) is 115 cm³/mol. The number of thiophene rings is 1. The third kappa shape index (κ3) is 5.53. The van der Waals surface area contributed by atoms with Crippen molar-refractivity contribution in [1.29, 1.82) is 0 Å². The highest BCUT2D eigenvalue weighted by atomic mass is 35.5. The number of esters is 1. The third-order valence-electron chi connectivity index (χ3n) is 4.68. The molecule has 1 aliphatic carbocycles. The number of anilines is 1. The molecule has 2 heterocycles. The van der Waals surface area contributed by atoms with Crippen LogP contribution in [0.15, 0.2) is 17.3 Å². The first-order valence-corrected chi connectivity index (χ1v) is 11.7. The normalized spacial score (nSPS) is 14.6. The predicted octanol–water partition coefficient (Wildman–Crippen LogP) is 5.99. The van der Waals surface area contributed by atoms with Gasteiger partial charge in [0.2, 0.25) is 5.91 Å². The van der Waals surface area contributed by atoms with E-state index < -0.39 is 28.9 Å². The number of carbonyl (C=O) groups is 2. The SMILES string of the molecule is CCOC(=O)c1c(NC(=O)[C@@H](C)Sc2ncc(C(F)(F)F)cc2Cl)sc2c1CCCC2. The summed E-state index contributed by atoms with van der Waals surface area (Å²) < 4.78 is 43.5. The van der Waals surface area contributed by atoms with Crippen molar-refractivity contribution in [2.45, 2.75) is 56.0 Å². The molecule has 1 N–H and O–H groups in total. The van der Waals surface area contributed by atoms with Gasteiger partial charge in [-0.05, 0) is 51.2 Å². The number of aryl methyl sites for hydroxylation is 1. The van der Waals surface area contributed by atoms with Gasteiger partial charge in [-0.3, -0.25) is 4.79 Å². The van der Waals surface area contributed by atoms with Gasteiger partial charge >= 0.3 is 12.1 Å². The first-order chi connectivity index (χ1) is 14.6. The minimum Gasteiger partial charge on any atom is -0.462 e. The fourth-order valence-electron chi connectivity index (χ4n) is 3.17. The summed E-state index contributed by atoms with van der Waals surface area (Å²) in [7, 11) is 0. The Labute approximate surface area is 190 Å². The Kier molecular flexibility index (Phi) is 7.54. The average Bonchev–Trinajstić information content (AvgIpc) is 3.06. The molecule has 2 aromatic heterocycles. The third-order valence-corrected chi connectivity index (χ3v) is 7.40. The molecule has 31 heavy (non-hydrogen) atoms. The minimum atomic E-state index is -4.55. The van der Waals surface area contributed by atoms with Gasteiger partial charge in [-0.15, -0.1) is 11.3 Å². The Hall–Kier alpha value is -1.78. The van der Waals surface area contributed by atoms with E-state index in [0.29, 0.717) is 16.8 Å². The van der Waals surface area contributed by atoms with Gasteiger partial charge < -0.3 is 10.1 Å². The average molecular weight is 493 g/mol. The quantitative estimate of drug-likeness (QED) is 0.396. The molecule has 168 valence electrons. The number of aromatic nitrogens is 1. The summed E-state index contributed by atoms with van der Waals surface area (Å²) in [6.45, 7) is 3.53. The Morgan fingerprint density at radius 3 is 2.71 bits per heavy atom. The van der Waals surface area contributed by atoms with Crippen LogP contribution in [0.2, 0.25) is 5.02 Å². The zero-order valence-corrected chi connectivity index (χ0v) is 19.2. The lowest BCUT2D eigenvalue weighted by molar-refractivity contribution is -0.137. The summed E-state index contributed by atoms with van der Waals surface area (Å²) in [6.07, 6.45) is -0.278. The molecule has 0 saturated heterocycles. The van der Waals surface area contributed by atoms with E-state index in [4.69, 9.17) is 16.3 Å². The number of hydrogen-bond acceptors (Lipinski definition) is 6. The van der Waals surface area contributed by atoms with Crippen LogP contribution in [-0.4, -0.2) is 28.7 Å². The van der Waals surface area contributed by atoms with Crippen molar-refractivity contribution < 1.29 is 27.5 Å². The number of nitrogens with one attached hydrogen (secondary N) is 1. The van der Waals surface area contributed by atoms with Crippen molar-refractivity contribution in [3.05, 3.63) is 38.9 Å². The first-order valence-electron chi connectivity index (χ1n) is 9.63. The molecule has 1 aliphatic rings. The number of fused-ring (bicyclic) bond motifs is 1. The molecule has 0 aliphatic heterocycles. The Bertz CT molecular complexity index is 995. The maximum absolute atomic E-state index is 12.8. The van der Waals surface area contributed by atoms with Crippen molar-refractivity contribution >= 4 is 51.6 Å². The van der Waals surface area contributed by atoms with Crippen LogP contribution in [0.3, 0.4) is 0 Å². The molecule has 0 aromatic carbocycles. The molecular formula is C20H20ClF3N2O3S2. The smallest absolute Gasteiger partial charge is 0.417 e. The molecule has 0 saturated carbocycles. The maximum atomic E-state index is 12.8. The number of hydrogen-bond donors (Lipinski definition) is 1. The van der Waals surface area contributed by atoms with Crippen molar-refractivity contribution in [2.24, 2.45) is 0 Å². The largest absolute Gasteiger partial charge is 0.462 e. The molecule has 3 rings (SSSR count). The molecule has 0 radical (unpaired) electrons. The molecule has 11 heteroatoms. The molecular weight excluding hydrogens is 473 g/mol. The van der Waals surface area contributed by atoms with Crippen LogP contribution in [0.4, 0.5) is 18.2 Å². The lowest BCUT2D eigenvalue weighted by atomic mass is 9.95. The number of thioether (sulfide) groups is 1. The van der Waals surface area contributed by atoms with Crippen LogP contribution in [0, 0.1) is 0 Å². The van der Waals surface area contributed by atoms with Crippen LogP contribution < -0.4 is 5.32 Å². The Morgan fingerprint density at radius 1 is 1.35 bits per heavy atom. The van der Waals surface area contributed by atoms with Gasteiger partial charge in [0.15, 0.2) is 0 Å².